The molecular weight excluding hydrogens is 362 g/mol. The number of likely N-dealkylation sites (tertiary alicyclic amines) is 1. The number of benzene rings is 2. The Kier molecular flexibility index (Phi) is 6.10. The van der Waals surface area contributed by atoms with Crippen molar-refractivity contribution in [2.24, 2.45) is 11.7 Å². The average molecular weight is 385 g/mol. The molecule has 1 heterocycles. The molecule has 0 radical (unpaired) electrons. The Bertz CT molecular complexity index is 845. The van der Waals surface area contributed by atoms with Gasteiger partial charge in [-0.15, -0.1) is 0 Å². The Labute approximate surface area is 163 Å². The average Bonchev–Trinajstić information content (AvgIpc) is 2.74. The van der Waals surface area contributed by atoms with E-state index in [0.29, 0.717) is 37.1 Å². The van der Waals surface area contributed by atoms with Gasteiger partial charge in [-0.3, -0.25) is 14.9 Å². The number of ether oxygens (including phenoxy) is 2. The van der Waals surface area contributed by atoms with E-state index in [4.69, 9.17) is 15.2 Å². The van der Waals surface area contributed by atoms with E-state index in [9.17, 15) is 14.9 Å². The minimum Gasteiger partial charge on any atom is -0.497 e. The second-order valence-corrected chi connectivity index (χ2v) is 6.69. The van der Waals surface area contributed by atoms with Crippen LogP contribution < -0.4 is 15.2 Å². The molecule has 0 unspecified atom stereocenters. The molecule has 1 aliphatic heterocycles. The Morgan fingerprint density at radius 2 is 1.82 bits per heavy atom. The maximum absolute atomic E-state index is 13.1. The standard InChI is InChI=1S/C20H23N3O5/c1-27-16-3-5-17(6-4-16)28-19-7-2-15(23(25)26)12-18(19)20(24)22-10-8-14(13-21)9-11-22/h2-7,12,14H,8-11,13,21H2,1H3. The van der Waals surface area contributed by atoms with Gasteiger partial charge in [0.2, 0.25) is 0 Å². The van der Waals surface area contributed by atoms with Gasteiger partial charge in [0.25, 0.3) is 11.6 Å². The fraction of sp³-hybridized carbons (Fsp3) is 0.350. The van der Waals surface area contributed by atoms with E-state index in [1.807, 2.05) is 0 Å². The van der Waals surface area contributed by atoms with E-state index in [-0.39, 0.29) is 22.9 Å². The minimum atomic E-state index is -0.519. The molecule has 0 bridgehead atoms. The second-order valence-electron chi connectivity index (χ2n) is 6.69. The normalized spacial score (nSPS) is 14.6. The summed E-state index contributed by atoms with van der Waals surface area (Å²) in [6.45, 7) is 1.75. The molecule has 1 fully saturated rings. The van der Waals surface area contributed by atoms with Crippen LogP contribution in [-0.2, 0) is 0 Å². The van der Waals surface area contributed by atoms with Crippen LogP contribution in [-0.4, -0.2) is 42.5 Å². The maximum Gasteiger partial charge on any atom is 0.270 e. The van der Waals surface area contributed by atoms with Crippen molar-refractivity contribution in [1.82, 2.24) is 4.90 Å². The molecule has 0 saturated carbocycles. The molecule has 8 heteroatoms. The summed E-state index contributed by atoms with van der Waals surface area (Å²) in [7, 11) is 1.57. The van der Waals surface area contributed by atoms with Crippen molar-refractivity contribution in [2.75, 3.05) is 26.7 Å². The molecule has 0 atom stereocenters. The number of nitrogens with two attached hydrogens (primary N) is 1. The quantitative estimate of drug-likeness (QED) is 0.604. The number of carbonyl (C=O) groups excluding carboxylic acids is 1. The number of methoxy groups -OCH3 is 1. The maximum atomic E-state index is 13.1. The highest BCUT2D eigenvalue weighted by molar-refractivity contribution is 5.97. The topological polar surface area (TPSA) is 108 Å². The zero-order valence-electron chi connectivity index (χ0n) is 15.7. The Morgan fingerprint density at radius 1 is 1.18 bits per heavy atom. The van der Waals surface area contributed by atoms with Crippen LogP contribution in [0.1, 0.15) is 23.2 Å². The van der Waals surface area contributed by atoms with Gasteiger partial charge in [-0.1, -0.05) is 0 Å². The molecular formula is C20H23N3O5. The van der Waals surface area contributed by atoms with Gasteiger partial charge in [-0.2, -0.15) is 0 Å². The van der Waals surface area contributed by atoms with Crippen molar-refractivity contribution in [3.63, 3.8) is 0 Å². The van der Waals surface area contributed by atoms with E-state index in [1.165, 1.54) is 18.2 Å². The smallest absolute Gasteiger partial charge is 0.270 e. The molecule has 8 nitrogen and oxygen atoms in total. The number of amides is 1. The van der Waals surface area contributed by atoms with E-state index in [0.717, 1.165) is 12.8 Å². The van der Waals surface area contributed by atoms with Crippen molar-refractivity contribution in [1.29, 1.82) is 0 Å². The van der Waals surface area contributed by atoms with E-state index in [1.54, 1.807) is 36.3 Å². The summed E-state index contributed by atoms with van der Waals surface area (Å²) in [5.41, 5.74) is 5.74. The third-order valence-electron chi connectivity index (χ3n) is 4.93. The van der Waals surface area contributed by atoms with Crippen LogP contribution in [0.25, 0.3) is 0 Å². The van der Waals surface area contributed by atoms with Crippen LogP contribution in [0, 0.1) is 16.0 Å². The fourth-order valence-corrected chi connectivity index (χ4v) is 3.20. The molecule has 3 rings (SSSR count). The van der Waals surface area contributed by atoms with E-state index >= 15 is 0 Å². The molecule has 2 aromatic rings. The van der Waals surface area contributed by atoms with Crippen LogP contribution in [0.15, 0.2) is 42.5 Å². The van der Waals surface area contributed by atoms with Crippen molar-refractivity contribution >= 4 is 11.6 Å². The first kappa shape index (κ1) is 19.6. The lowest BCUT2D eigenvalue weighted by Crippen LogP contribution is -2.40. The van der Waals surface area contributed by atoms with Crippen molar-refractivity contribution in [3.8, 4) is 17.2 Å². The van der Waals surface area contributed by atoms with Crippen LogP contribution >= 0.6 is 0 Å². The van der Waals surface area contributed by atoms with Gasteiger partial charge in [0.05, 0.1) is 17.6 Å². The van der Waals surface area contributed by atoms with Gasteiger partial charge in [-0.05, 0) is 55.6 Å². The lowest BCUT2D eigenvalue weighted by molar-refractivity contribution is -0.384. The summed E-state index contributed by atoms with van der Waals surface area (Å²) in [6.07, 6.45) is 1.65. The molecule has 2 N–H and O–H groups in total. The monoisotopic (exact) mass is 385 g/mol. The van der Waals surface area contributed by atoms with Crippen molar-refractivity contribution in [3.05, 3.63) is 58.1 Å². The highest BCUT2D eigenvalue weighted by atomic mass is 16.6. The third kappa shape index (κ3) is 4.40. The summed E-state index contributed by atoms with van der Waals surface area (Å²) in [6, 6.07) is 11.0. The Balaban J connectivity index is 1.87. The van der Waals surface area contributed by atoms with Crippen LogP contribution in [0.2, 0.25) is 0 Å². The highest BCUT2D eigenvalue weighted by Crippen LogP contribution is 2.31. The summed E-state index contributed by atoms with van der Waals surface area (Å²) < 4.78 is 11.0. The number of nitro groups is 1. The zero-order valence-corrected chi connectivity index (χ0v) is 15.7. The molecule has 0 aliphatic carbocycles. The van der Waals surface area contributed by atoms with Gasteiger partial charge >= 0.3 is 0 Å². The van der Waals surface area contributed by atoms with Crippen LogP contribution in [0.3, 0.4) is 0 Å². The van der Waals surface area contributed by atoms with Gasteiger partial charge in [0.15, 0.2) is 0 Å². The SMILES string of the molecule is COc1ccc(Oc2ccc([N+](=O)[O-])cc2C(=O)N2CCC(CN)CC2)cc1. The van der Waals surface area contributed by atoms with E-state index in [2.05, 4.69) is 0 Å². The third-order valence-corrected chi connectivity index (χ3v) is 4.93. The number of hydrogen-bond acceptors (Lipinski definition) is 6. The van der Waals surface area contributed by atoms with Crippen LogP contribution in [0.4, 0.5) is 5.69 Å². The summed E-state index contributed by atoms with van der Waals surface area (Å²) in [5.74, 6) is 1.59. The summed E-state index contributed by atoms with van der Waals surface area (Å²) in [4.78, 5) is 25.4. The molecule has 1 saturated heterocycles. The molecule has 148 valence electrons. The second kappa shape index (κ2) is 8.71. The molecule has 1 amide bonds. The van der Waals surface area contributed by atoms with Gasteiger partial charge in [0, 0.05) is 25.2 Å². The molecule has 1 aliphatic rings. The number of nitro benzene ring substituents is 1. The number of non-ortho nitro benzene ring substituents is 1. The first-order valence-corrected chi connectivity index (χ1v) is 9.11. The lowest BCUT2D eigenvalue weighted by Gasteiger charge is -2.31. The number of hydrogen-bond donors (Lipinski definition) is 1. The molecule has 2 aromatic carbocycles. The van der Waals surface area contributed by atoms with E-state index < -0.39 is 4.92 Å². The minimum absolute atomic E-state index is 0.151. The Morgan fingerprint density at radius 3 is 2.39 bits per heavy atom. The van der Waals surface area contributed by atoms with Gasteiger partial charge in [-0.25, -0.2) is 0 Å². The van der Waals surface area contributed by atoms with Crippen LogP contribution in [0.5, 0.6) is 17.2 Å². The van der Waals surface area contributed by atoms with Gasteiger partial charge < -0.3 is 20.1 Å². The summed E-state index contributed by atoms with van der Waals surface area (Å²) >= 11 is 0. The molecule has 28 heavy (non-hydrogen) atoms. The number of nitrogens with zero attached hydrogens (tertiary/aromatic N) is 2. The predicted octanol–water partition coefficient (Wildman–Crippen LogP) is 3.21. The molecule has 0 spiro atoms. The first-order chi connectivity index (χ1) is 13.5. The first-order valence-electron chi connectivity index (χ1n) is 9.11. The summed E-state index contributed by atoms with van der Waals surface area (Å²) in [5, 5.41) is 11.2. The highest BCUT2D eigenvalue weighted by Gasteiger charge is 2.26. The lowest BCUT2D eigenvalue weighted by atomic mass is 9.96. The zero-order chi connectivity index (χ0) is 20.1. The Hall–Kier alpha value is -3.13. The van der Waals surface area contributed by atoms with Crippen molar-refractivity contribution in [2.45, 2.75) is 12.8 Å². The molecule has 0 aromatic heterocycles. The largest absolute Gasteiger partial charge is 0.497 e. The van der Waals surface area contributed by atoms with Crippen molar-refractivity contribution < 1.29 is 19.2 Å². The predicted molar refractivity (Wildman–Crippen MR) is 104 cm³/mol. The van der Waals surface area contributed by atoms with Gasteiger partial charge in [0.1, 0.15) is 17.2 Å². The number of rotatable bonds is 6. The number of piperidine rings is 1. The number of carbonyl (C=O) groups is 1. The fourth-order valence-electron chi connectivity index (χ4n) is 3.20.